The lowest BCUT2D eigenvalue weighted by Crippen LogP contribution is -1.98. The maximum absolute atomic E-state index is 8.67. The topological polar surface area (TPSA) is 50.8 Å². The lowest BCUT2D eigenvalue weighted by molar-refractivity contribution is 0.368. The normalized spacial score (nSPS) is 12.2. The summed E-state index contributed by atoms with van der Waals surface area (Å²) < 4.78 is 6.70. The summed E-state index contributed by atoms with van der Waals surface area (Å²) in [5.74, 6) is 0.484. The van der Waals surface area contributed by atoms with Crippen LogP contribution in [0.4, 0.5) is 0 Å². The van der Waals surface area contributed by atoms with Crippen molar-refractivity contribution in [3.05, 3.63) is 11.8 Å². The Morgan fingerprint density at radius 3 is 2.92 bits per heavy atom. The van der Waals surface area contributed by atoms with Crippen molar-refractivity contribution in [1.29, 1.82) is 5.26 Å². The smallest absolute Gasteiger partial charge is 0.215 e. The Kier molecular flexibility index (Phi) is 2.34. The van der Waals surface area contributed by atoms with E-state index in [0.29, 0.717) is 5.88 Å². The van der Waals surface area contributed by atoms with Gasteiger partial charge in [0, 0.05) is 7.05 Å². The number of nitriles is 1. The van der Waals surface area contributed by atoms with Crippen molar-refractivity contribution in [2.24, 2.45) is 7.05 Å². The van der Waals surface area contributed by atoms with Crippen LogP contribution in [0.5, 0.6) is 5.88 Å². The molecule has 1 unspecified atom stereocenters. The van der Waals surface area contributed by atoms with Gasteiger partial charge in [0.2, 0.25) is 5.88 Å². The molecule has 1 aromatic heterocycles. The monoisotopic (exact) mass is 165 g/mol. The first kappa shape index (κ1) is 8.60. The number of aromatic nitrogens is 2. The molecule has 0 aliphatic heterocycles. The molecule has 0 N–H and O–H groups in total. The Morgan fingerprint density at radius 1 is 1.75 bits per heavy atom. The van der Waals surface area contributed by atoms with E-state index >= 15 is 0 Å². The van der Waals surface area contributed by atoms with E-state index in [9.17, 15) is 0 Å². The molecule has 1 rings (SSSR count). The fourth-order valence-corrected chi connectivity index (χ4v) is 1.06. The van der Waals surface area contributed by atoms with E-state index in [1.165, 1.54) is 0 Å². The van der Waals surface area contributed by atoms with Crippen LogP contribution < -0.4 is 4.74 Å². The van der Waals surface area contributed by atoms with Crippen LogP contribution in [0.25, 0.3) is 0 Å². The summed E-state index contributed by atoms with van der Waals surface area (Å²) in [6, 6.07) is 2.14. The van der Waals surface area contributed by atoms with Crippen molar-refractivity contribution >= 4 is 0 Å². The molecule has 4 nitrogen and oxygen atoms in total. The Balaban J connectivity index is 3.09. The molecule has 12 heavy (non-hydrogen) atoms. The molecule has 0 fully saturated rings. The summed E-state index contributed by atoms with van der Waals surface area (Å²) in [6.07, 6.45) is 1.66. The SMILES string of the molecule is COc1c(C(C)C#N)cnn1C. The third-order valence-electron chi connectivity index (χ3n) is 1.76. The van der Waals surface area contributed by atoms with Crippen LogP contribution in [0, 0.1) is 11.3 Å². The number of aryl methyl sites for hydroxylation is 1. The molecule has 0 saturated carbocycles. The van der Waals surface area contributed by atoms with Crippen LogP contribution in [-0.4, -0.2) is 16.9 Å². The van der Waals surface area contributed by atoms with E-state index < -0.39 is 0 Å². The molecule has 0 aromatic carbocycles. The van der Waals surface area contributed by atoms with Crippen molar-refractivity contribution in [2.45, 2.75) is 12.8 Å². The Bertz CT molecular complexity index is 311. The second-order valence-corrected chi connectivity index (χ2v) is 2.58. The van der Waals surface area contributed by atoms with Crippen LogP contribution in [0.2, 0.25) is 0 Å². The predicted molar refractivity (Wildman–Crippen MR) is 43.8 cm³/mol. The maximum Gasteiger partial charge on any atom is 0.215 e. The van der Waals surface area contributed by atoms with Crippen molar-refractivity contribution in [3.63, 3.8) is 0 Å². The maximum atomic E-state index is 8.67. The fourth-order valence-electron chi connectivity index (χ4n) is 1.06. The van der Waals surface area contributed by atoms with Gasteiger partial charge in [-0.3, -0.25) is 0 Å². The molecular formula is C8H11N3O. The third-order valence-corrected chi connectivity index (χ3v) is 1.76. The first-order chi connectivity index (χ1) is 5.70. The minimum atomic E-state index is -0.173. The average Bonchev–Trinajstić information content (AvgIpc) is 2.45. The molecule has 0 amide bonds. The molecule has 0 bridgehead atoms. The zero-order valence-electron chi connectivity index (χ0n) is 7.40. The summed E-state index contributed by atoms with van der Waals surface area (Å²) in [5, 5.41) is 12.7. The van der Waals surface area contributed by atoms with E-state index in [1.807, 2.05) is 6.92 Å². The van der Waals surface area contributed by atoms with Gasteiger partial charge in [-0.1, -0.05) is 0 Å². The molecular weight excluding hydrogens is 154 g/mol. The molecule has 1 atom stereocenters. The molecule has 64 valence electrons. The summed E-state index contributed by atoms with van der Waals surface area (Å²) in [4.78, 5) is 0. The number of nitrogens with zero attached hydrogens (tertiary/aromatic N) is 3. The van der Waals surface area contributed by atoms with Gasteiger partial charge in [-0.05, 0) is 6.92 Å². The molecule has 0 aliphatic rings. The highest BCUT2D eigenvalue weighted by molar-refractivity contribution is 5.31. The standard InChI is InChI=1S/C8H11N3O/c1-6(4-9)7-5-10-11(2)8(7)12-3/h5-6H,1-3H3. The Hall–Kier alpha value is -1.50. The lowest BCUT2D eigenvalue weighted by Gasteiger charge is -2.04. The van der Waals surface area contributed by atoms with E-state index in [4.69, 9.17) is 10.00 Å². The van der Waals surface area contributed by atoms with Crippen LogP contribution in [0.1, 0.15) is 18.4 Å². The van der Waals surface area contributed by atoms with Gasteiger partial charge in [-0.15, -0.1) is 0 Å². The lowest BCUT2D eigenvalue weighted by atomic mass is 10.1. The molecule has 0 saturated heterocycles. The second-order valence-electron chi connectivity index (χ2n) is 2.58. The van der Waals surface area contributed by atoms with E-state index in [2.05, 4.69) is 11.2 Å². The number of ether oxygens (including phenoxy) is 1. The Labute approximate surface area is 71.4 Å². The predicted octanol–water partition coefficient (Wildman–Crippen LogP) is 1.06. The molecule has 1 heterocycles. The highest BCUT2D eigenvalue weighted by Crippen LogP contribution is 2.24. The summed E-state index contributed by atoms with van der Waals surface area (Å²) in [5.41, 5.74) is 0.836. The van der Waals surface area contributed by atoms with Gasteiger partial charge in [0.25, 0.3) is 0 Å². The number of rotatable bonds is 2. The Morgan fingerprint density at radius 2 is 2.42 bits per heavy atom. The van der Waals surface area contributed by atoms with Crippen molar-refractivity contribution in [3.8, 4) is 11.9 Å². The van der Waals surface area contributed by atoms with Gasteiger partial charge in [0.15, 0.2) is 0 Å². The van der Waals surface area contributed by atoms with Crippen LogP contribution >= 0.6 is 0 Å². The first-order valence-electron chi connectivity index (χ1n) is 3.66. The summed E-state index contributed by atoms with van der Waals surface area (Å²) >= 11 is 0. The van der Waals surface area contributed by atoms with Gasteiger partial charge in [0.1, 0.15) is 0 Å². The zero-order valence-corrected chi connectivity index (χ0v) is 7.40. The molecule has 0 radical (unpaired) electrons. The second kappa shape index (κ2) is 3.26. The van der Waals surface area contributed by atoms with Gasteiger partial charge in [-0.25, -0.2) is 4.68 Å². The highest BCUT2D eigenvalue weighted by Gasteiger charge is 2.14. The molecule has 1 aromatic rings. The van der Waals surface area contributed by atoms with Crippen LogP contribution in [-0.2, 0) is 7.05 Å². The fraction of sp³-hybridized carbons (Fsp3) is 0.500. The minimum Gasteiger partial charge on any atom is -0.481 e. The van der Waals surface area contributed by atoms with E-state index in [0.717, 1.165) is 5.56 Å². The zero-order chi connectivity index (χ0) is 9.14. The number of hydrogen-bond acceptors (Lipinski definition) is 3. The molecule has 0 aliphatic carbocycles. The van der Waals surface area contributed by atoms with E-state index in [-0.39, 0.29) is 5.92 Å². The minimum absolute atomic E-state index is 0.173. The number of methoxy groups -OCH3 is 1. The summed E-state index contributed by atoms with van der Waals surface area (Å²) in [6.45, 7) is 1.82. The van der Waals surface area contributed by atoms with Gasteiger partial charge in [0.05, 0.1) is 30.9 Å². The molecule has 0 spiro atoms. The highest BCUT2D eigenvalue weighted by atomic mass is 16.5. The third kappa shape index (κ3) is 1.26. The number of hydrogen-bond donors (Lipinski definition) is 0. The molecule has 4 heteroatoms. The average molecular weight is 165 g/mol. The van der Waals surface area contributed by atoms with Crippen molar-refractivity contribution in [1.82, 2.24) is 9.78 Å². The van der Waals surface area contributed by atoms with E-state index in [1.54, 1.807) is 25.0 Å². The quantitative estimate of drug-likeness (QED) is 0.658. The van der Waals surface area contributed by atoms with Crippen molar-refractivity contribution in [2.75, 3.05) is 7.11 Å². The largest absolute Gasteiger partial charge is 0.481 e. The van der Waals surface area contributed by atoms with Crippen LogP contribution in [0.15, 0.2) is 6.20 Å². The first-order valence-corrected chi connectivity index (χ1v) is 3.66. The van der Waals surface area contributed by atoms with Gasteiger partial charge < -0.3 is 4.74 Å². The van der Waals surface area contributed by atoms with Crippen LogP contribution in [0.3, 0.4) is 0 Å². The van der Waals surface area contributed by atoms with Crippen molar-refractivity contribution < 1.29 is 4.74 Å². The summed E-state index contributed by atoms with van der Waals surface area (Å²) in [7, 11) is 3.36. The van der Waals surface area contributed by atoms with Gasteiger partial charge in [-0.2, -0.15) is 10.4 Å². The van der Waals surface area contributed by atoms with Gasteiger partial charge >= 0.3 is 0 Å².